The number of carboxylic acids is 1. The molecule has 0 rings (SSSR count). The van der Waals surface area contributed by atoms with Crippen LogP contribution >= 0.6 is 10.7 Å². The van der Waals surface area contributed by atoms with Crippen molar-refractivity contribution in [2.24, 2.45) is 0 Å². The van der Waals surface area contributed by atoms with Gasteiger partial charge in [0.25, 0.3) is 0 Å². The monoisotopic (exact) mass is 216 g/mol. The van der Waals surface area contributed by atoms with Crippen molar-refractivity contribution in [1.82, 2.24) is 0 Å². The van der Waals surface area contributed by atoms with Gasteiger partial charge in [-0.1, -0.05) is 6.58 Å². The first-order chi connectivity index (χ1) is 5.27. The van der Waals surface area contributed by atoms with Crippen LogP contribution in [0.1, 0.15) is 0 Å². The lowest BCUT2D eigenvalue weighted by molar-refractivity contribution is -0.131. The lowest BCUT2D eigenvalue weighted by Gasteiger charge is -1.65. The van der Waals surface area contributed by atoms with Gasteiger partial charge in [-0.2, -0.15) is 8.42 Å². The van der Waals surface area contributed by atoms with Crippen LogP contribution in [-0.4, -0.2) is 24.0 Å². The van der Waals surface area contributed by atoms with Crippen LogP contribution in [0.4, 0.5) is 0 Å². The van der Waals surface area contributed by atoms with E-state index in [9.17, 15) is 4.79 Å². The molecular weight excluding hydrogens is 208 g/mol. The summed E-state index contributed by atoms with van der Waals surface area (Å²) < 4.78 is 25.2. The molecule has 0 aliphatic heterocycles. The topological polar surface area (TPSA) is 91.7 Å². The smallest absolute Gasteiger partial charge is 0.353 e. The largest absolute Gasteiger partial charge is 0.478 e. The first-order valence-electron chi connectivity index (χ1n) is 2.29. The molecule has 0 heterocycles. The second kappa shape index (κ2) is 10.2. The molecule has 0 saturated carbocycles. The highest BCUT2D eigenvalue weighted by molar-refractivity contribution is 8.09. The van der Waals surface area contributed by atoms with Gasteiger partial charge in [0.15, 0.2) is 0 Å². The molecule has 5 nitrogen and oxygen atoms in total. The standard InChI is InChI=1S/C3H4O2.C2H4.ClHO3S/c1-2-3(4)5;1-2;1-5(2,3)4/h2H,1H2,(H,4,5);1-2H2;(H,2,3,4). The summed E-state index contributed by atoms with van der Waals surface area (Å²) in [5.74, 6) is -0.981. The second-order valence-corrected chi connectivity index (χ2v) is 2.95. The lowest BCUT2D eigenvalue weighted by atomic mass is 10.7. The van der Waals surface area contributed by atoms with E-state index in [1.165, 1.54) is 0 Å². The minimum absolute atomic E-state index is 0.833. The normalized spacial score (nSPS) is 7.83. The van der Waals surface area contributed by atoms with Crippen LogP contribution in [0.15, 0.2) is 25.8 Å². The van der Waals surface area contributed by atoms with Crippen molar-refractivity contribution in [1.29, 1.82) is 0 Å². The summed E-state index contributed by atoms with van der Waals surface area (Å²) in [6.07, 6.45) is 0.833. The van der Waals surface area contributed by atoms with E-state index < -0.39 is 15.3 Å². The number of aliphatic carboxylic acids is 1. The summed E-state index contributed by atoms with van der Waals surface area (Å²) in [6.45, 7) is 8.96. The molecule has 0 atom stereocenters. The molecule has 0 aromatic rings. The predicted octanol–water partition coefficient (Wildman–Crippen LogP) is 1.09. The minimum atomic E-state index is -4.19. The minimum Gasteiger partial charge on any atom is -0.478 e. The summed E-state index contributed by atoms with van der Waals surface area (Å²) in [7, 11) is -0.137. The van der Waals surface area contributed by atoms with Crippen LogP contribution in [0.2, 0.25) is 0 Å². The van der Waals surface area contributed by atoms with E-state index in [1.54, 1.807) is 0 Å². The number of rotatable bonds is 1. The molecule has 0 radical (unpaired) electrons. The fourth-order valence-electron chi connectivity index (χ4n) is 0. The van der Waals surface area contributed by atoms with Crippen LogP contribution in [0.5, 0.6) is 0 Å². The lowest BCUT2D eigenvalue weighted by Crippen LogP contribution is -1.82. The van der Waals surface area contributed by atoms with Gasteiger partial charge < -0.3 is 5.11 Å². The van der Waals surface area contributed by atoms with Gasteiger partial charge in [0.1, 0.15) is 0 Å². The number of carboxylic acid groups (broad SMARTS) is 1. The highest BCUT2D eigenvalue weighted by Crippen LogP contribution is 1.82. The fraction of sp³-hybridized carbons (Fsp3) is 0. The fourth-order valence-corrected chi connectivity index (χ4v) is 0. The zero-order valence-electron chi connectivity index (χ0n) is 6.10. The molecule has 0 aliphatic rings. The highest BCUT2D eigenvalue weighted by atomic mass is 35.7. The summed E-state index contributed by atoms with van der Waals surface area (Å²) in [4.78, 5) is 9.25. The second-order valence-electron chi connectivity index (χ2n) is 0.954. The summed E-state index contributed by atoms with van der Waals surface area (Å²) >= 11 is 0. The van der Waals surface area contributed by atoms with Gasteiger partial charge in [0.05, 0.1) is 0 Å². The van der Waals surface area contributed by atoms with E-state index in [0.717, 1.165) is 6.08 Å². The Hall–Kier alpha value is -0.850. The first kappa shape index (κ1) is 17.3. The molecule has 0 fully saturated rings. The van der Waals surface area contributed by atoms with E-state index in [4.69, 9.17) is 18.1 Å². The van der Waals surface area contributed by atoms with Crippen molar-refractivity contribution in [3.05, 3.63) is 25.8 Å². The highest BCUT2D eigenvalue weighted by Gasteiger charge is 1.86. The molecule has 0 aromatic carbocycles. The van der Waals surface area contributed by atoms with Gasteiger partial charge in [0.2, 0.25) is 0 Å². The number of halogens is 1. The zero-order valence-corrected chi connectivity index (χ0v) is 7.68. The van der Waals surface area contributed by atoms with Gasteiger partial charge in [-0.3, -0.25) is 4.55 Å². The average Bonchev–Trinajstić information content (AvgIpc) is 1.89. The Morgan fingerprint density at radius 3 is 1.50 bits per heavy atom. The van der Waals surface area contributed by atoms with Gasteiger partial charge in [-0.05, 0) is 0 Å². The average molecular weight is 217 g/mol. The number of hydrogen-bond donors (Lipinski definition) is 2. The maximum absolute atomic E-state index is 9.25. The SMILES string of the molecule is C=C.C=CC(=O)O.O=S(=O)(O)Cl. The van der Waals surface area contributed by atoms with Crippen molar-refractivity contribution >= 4 is 26.0 Å². The van der Waals surface area contributed by atoms with E-state index in [-0.39, 0.29) is 0 Å². The van der Waals surface area contributed by atoms with E-state index in [2.05, 4.69) is 30.4 Å². The third kappa shape index (κ3) is 460. The van der Waals surface area contributed by atoms with Crippen molar-refractivity contribution in [2.45, 2.75) is 0 Å². The van der Waals surface area contributed by atoms with Crippen LogP contribution in [0.3, 0.4) is 0 Å². The first-order valence-corrected chi connectivity index (χ1v) is 4.56. The Bertz CT molecular complexity index is 212. The summed E-state index contributed by atoms with van der Waals surface area (Å²) in [5.41, 5.74) is 0. The van der Waals surface area contributed by atoms with Crippen molar-refractivity contribution in [3.63, 3.8) is 0 Å². The third-order valence-electron chi connectivity index (χ3n) is 0.175. The molecule has 7 heteroatoms. The Morgan fingerprint density at radius 1 is 1.42 bits per heavy atom. The van der Waals surface area contributed by atoms with Crippen molar-refractivity contribution < 1.29 is 22.9 Å². The molecule has 0 aliphatic carbocycles. The van der Waals surface area contributed by atoms with Gasteiger partial charge in [-0.15, -0.1) is 13.2 Å². The molecule has 0 aromatic heterocycles. The maximum Gasteiger partial charge on any atom is 0.353 e. The molecule has 0 bridgehead atoms. The maximum atomic E-state index is 9.25. The van der Waals surface area contributed by atoms with Crippen LogP contribution in [0.25, 0.3) is 0 Å². The number of carbonyl (C=O) groups is 1. The van der Waals surface area contributed by atoms with Crippen LogP contribution in [-0.2, 0) is 14.1 Å². The molecule has 12 heavy (non-hydrogen) atoms. The summed E-state index contributed by atoms with van der Waals surface area (Å²) in [5, 5.41) is 7.60. The molecule has 72 valence electrons. The van der Waals surface area contributed by atoms with Gasteiger partial charge in [0, 0.05) is 16.8 Å². The molecule has 0 saturated heterocycles. The van der Waals surface area contributed by atoms with Gasteiger partial charge in [-0.25, -0.2) is 4.79 Å². The molecule has 0 spiro atoms. The van der Waals surface area contributed by atoms with E-state index in [0.29, 0.717) is 0 Å². The van der Waals surface area contributed by atoms with Crippen molar-refractivity contribution in [2.75, 3.05) is 0 Å². The van der Waals surface area contributed by atoms with E-state index >= 15 is 0 Å². The molecule has 2 N–H and O–H groups in total. The predicted molar refractivity (Wildman–Crippen MR) is 46.5 cm³/mol. The summed E-state index contributed by atoms with van der Waals surface area (Å²) in [6, 6.07) is 0. The van der Waals surface area contributed by atoms with E-state index in [1.807, 2.05) is 0 Å². The molecule has 0 unspecified atom stereocenters. The van der Waals surface area contributed by atoms with Crippen LogP contribution < -0.4 is 0 Å². The van der Waals surface area contributed by atoms with Gasteiger partial charge >= 0.3 is 15.3 Å². The Kier molecular flexibility index (Phi) is 14.6. The van der Waals surface area contributed by atoms with Crippen LogP contribution in [0, 0.1) is 0 Å². The molecular formula is C5H9ClO5S. The third-order valence-corrected chi connectivity index (χ3v) is 0.175. The Labute approximate surface area is 75.2 Å². The Morgan fingerprint density at radius 2 is 1.50 bits per heavy atom. The Balaban J connectivity index is -0.000000112. The number of hydrogen-bond acceptors (Lipinski definition) is 3. The zero-order chi connectivity index (χ0) is 10.8. The quantitative estimate of drug-likeness (QED) is 0.296. The van der Waals surface area contributed by atoms with Crippen molar-refractivity contribution in [3.8, 4) is 0 Å². The molecule has 0 amide bonds.